The number of carboxylic acid groups (broad SMARTS) is 1. The molecule has 0 heterocycles. The summed E-state index contributed by atoms with van der Waals surface area (Å²) in [6, 6.07) is 7.55. The Morgan fingerprint density at radius 3 is 2.42 bits per heavy atom. The maximum Gasteiger partial charge on any atom is 0.303 e. The summed E-state index contributed by atoms with van der Waals surface area (Å²) in [5, 5.41) is 11.6. The molecule has 4 nitrogen and oxygen atoms in total. The number of aryl methyl sites for hydroxylation is 1. The topological polar surface area (TPSA) is 66.4 Å². The first kappa shape index (κ1) is 15.2. The number of benzene rings is 1. The molecule has 0 spiro atoms. The number of hydrogen-bond acceptors (Lipinski definition) is 2. The number of nitrogens with one attached hydrogen (secondary N) is 1. The van der Waals surface area contributed by atoms with E-state index < -0.39 is 5.97 Å². The van der Waals surface area contributed by atoms with E-state index in [9.17, 15) is 9.59 Å². The van der Waals surface area contributed by atoms with E-state index in [-0.39, 0.29) is 24.2 Å². The second-order valence-electron chi connectivity index (χ2n) is 5.09. The van der Waals surface area contributed by atoms with E-state index in [1.165, 1.54) is 0 Å². The molecule has 0 aliphatic rings. The van der Waals surface area contributed by atoms with Crippen LogP contribution in [0, 0.1) is 18.8 Å². The third-order valence-corrected chi connectivity index (χ3v) is 3.21. The van der Waals surface area contributed by atoms with E-state index in [1.807, 2.05) is 45.0 Å². The molecule has 0 saturated carbocycles. The Hall–Kier alpha value is -1.84. The average molecular weight is 263 g/mol. The van der Waals surface area contributed by atoms with Crippen LogP contribution in [0.5, 0.6) is 0 Å². The van der Waals surface area contributed by atoms with E-state index in [0.717, 1.165) is 11.3 Å². The highest BCUT2D eigenvalue weighted by atomic mass is 16.4. The third kappa shape index (κ3) is 4.73. The number of para-hydroxylation sites is 1. The fourth-order valence-electron chi connectivity index (χ4n) is 1.98. The first-order chi connectivity index (χ1) is 8.91. The van der Waals surface area contributed by atoms with E-state index in [2.05, 4.69) is 5.32 Å². The van der Waals surface area contributed by atoms with Crippen LogP contribution >= 0.6 is 0 Å². The highest BCUT2D eigenvalue weighted by Crippen LogP contribution is 2.21. The van der Waals surface area contributed by atoms with Crippen molar-refractivity contribution in [2.24, 2.45) is 11.8 Å². The summed E-state index contributed by atoms with van der Waals surface area (Å²) in [4.78, 5) is 22.8. The zero-order valence-corrected chi connectivity index (χ0v) is 11.6. The molecular weight excluding hydrogens is 242 g/mol. The summed E-state index contributed by atoms with van der Waals surface area (Å²) in [7, 11) is 0. The van der Waals surface area contributed by atoms with Crippen LogP contribution in [0.15, 0.2) is 24.3 Å². The van der Waals surface area contributed by atoms with Crippen LogP contribution in [0.3, 0.4) is 0 Å². The van der Waals surface area contributed by atoms with Gasteiger partial charge >= 0.3 is 5.97 Å². The minimum absolute atomic E-state index is 0.0179. The molecule has 104 valence electrons. The molecule has 1 aromatic carbocycles. The predicted molar refractivity (Wildman–Crippen MR) is 75.0 cm³/mol. The maximum absolute atomic E-state index is 12.2. The number of amides is 1. The number of rotatable bonds is 6. The Morgan fingerprint density at radius 1 is 1.26 bits per heavy atom. The van der Waals surface area contributed by atoms with Gasteiger partial charge in [0.05, 0.1) is 0 Å². The van der Waals surface area contributed by atoms with Gasteiger partial charge in [-0.15, -0.1) is 0 Å². The van der Waals surface area contributed by atoms with E-state index in [0.29, 0.717) is 6.42 Å². The standard InChI is InChI=1S/C15H21NO3/c1-10(2)12(8-9-14(17)18)15(19)16-13-7-5-4-6-11(13)3/h4-7,10,12H,8-9H2,1-3H3,(H,16,19)(H,17,18). The van der Waals surface area contributed by atoms with Crippen LogP contribution in [0.1, 0.15) is 32.3 Å². The van der Waals surface area contributed by atoms with Crippen molar-refractivity contribution < 1.29 is 14.7 Å². The molecule has 0 aliphatic heterocycles. The molecule has 0 aliphatic carbocycles. The Kier molecular flexibility index (Phi) is 5.55. The Labute approximate surface area is 113 Å². The van der Waals surface area contributed by atoms with Gasteiger partial charge in [-0.3, -0.25) is 9.59 Å². The van der Waals surface area contributed by atoms with Crippen molar-refractivity contribution in [1.82, 2.24) is 0 Å². The zero-order valence-electron chi connectivity index (χ0n) is 11.6. The molecule has 4 heteroatoms. The van der Waals surface area contributed by atoms with Crippen LogP contribution in [0.25, 0.3) is 0 Å². The number of carboxylic acids is 1. The maximum atomic E-state index is 12.2. The summed E-state index contributed by atoms with van der Waals surface area (Å²) in [5.41, 5.74) is 1.78. The van der Waals surface area contributed by atoms with Crippen molar-refractivity contribution in [1.29, 1.82) is 0 Å². The molecule has 0 saturated heterocycles. The molecule has 19 heavy (non-hydrogen) atoms. The second kappa shape index (κ2) is 6.92. The molecule has 1 aromatic rings. The molecule has 0 radical (unpaired) electrons. The molecular formula is C15H21NO3. The Bertz CT molecular complexity index is 454. The van der Waals surface area contributed by atoms with Crippen molar-refractivity contribution in [3.63, 3.8) is 0 Å². The van der Waals surface area contributed by atoms with Gasteiger partial charge in [-0.1, -0.05) is 32.0 Å². The number of carbonyl (C=O) groups excluding carboxylic acids is 1. The minimum atomic E-state index is -0.866. The lowest BCUT2D eigenvalue weighted by atomic mass is 9.90. The Balaban J connectivity index is 2.72. The average Bonchev–Trinajstić information content (AvgIpc) is 2.31. The van der Waals surface area contributed by atoms with Crippen molar-refractivity contribution in [3.8, 4) is 0 Å². The third-order valence-electron chi connectivity index (χ3n) is 3.21. The monoisotopic (exact) mass is 263 g/mol. The van der Waals surface area contributed by atoms with Crippen LogP contribution < -0.4 is 5.32 Å². The van der Waals surface area contributed by atoms with Gasteiger partial charge in [-0.2, -0.15) is 0 Å². The number of anilines is 1. The molecule has 1 atom stereocenters. The normalized spacial score (nSPS) is 12.2. The van der Waals surface area contributed by atoms with Crippen molar-refractivity contribution in [2.75, 3.05) is 5.32 Å². The molecule has 0 aromatic heterocycles. The van der Waals surface area contributed by atoms with E-state index >= 15 is 0 Å². The second-order valence-corrected chi connectivity index (χ2v) is 5.09. The van der Waals surface area contributed by atoms with Gasteiger partial charge < -0.3 is 10.4 Å². The number of carbonyl (C=O) groups is 2. The van der Waals surface area contributed by atoms with Gasteiger partial charge in [0.15, 0.2) is 0 Å². The summed E-state index contributed by atoms with van der Waals surface area (Å²) in [5.74, 6) is -1.14. The summed E-state index contributed by atoms with van der Waals surface area (Å²) in [6.07, 6.45) is 0.384. The Morgan fingerprint density at radius 2 is 1.89 bits per heavy atom. The van der Waals surface area contributed by atoms with Gasteiger partial charge in [0, 0.05) is 18.0 Å². The first-order valence-electron chi connectivity index (χ1n) is 6.50. The molecule has 1 unspecified atom stereocenters. The SMILES string of the molecule is Cc1ccccc1NC(=O)C(CCC(=O)O)C(C)C. The number of hydrogen-bond donors (Lipinski definition) is 2. The first-order valence-corrected chi connectivity index (χ1v) is 6.50. The largest absolute Gasteiger partial charge is 0.481 e. The van der Waals surface area contributed by atoms with Crippen LogP contribution in [-0.4, -0.2) is 17.0 Å². The van der Waals surface area contributed by atoms with E-state index in [4.69, 9.17) is 5.11 Å². The highest BCUT2D eigenvalue weighted by Gasteiger charge is 2.23. The lowest BCUT2D eigenvalue weighted by Crippen LogP contribution is -2.27. The molecule has 2 N–H and O–H groups in total. The van der Waals surface area contributed by atoms with Crippen LogP contribution in [0.2, 0.25) is 0 Å². The lowest BCUT2D eigenvalue weighted by molar-refractivity contribution is -0.137. The molecule has 1 rings (SSSR count). The molecule has 1 amide bonds. The molecule has 0 bridgehead atoms. The summed E-state index contributed by atoms with van der Waals surface area (Å²) in [6.45, 7) is 5.80. The van der Waals surface area contributed by atoms with Crippen molar-refractivity contribution in [3.05, 3.63) is 29.8 Å². The predicted octanol–water partition coefficient (Wildman–Crippen LogP) is 3.07. The molecule has 0 fully saturated rings. The minimum Gasteiger partial charge on any atom is -0.481 e. The quantitative estimate of drug-likeness (QED) is 0.829. The van der Waals surface area contributed by atoms with Crippen LogP contribution in [-0.2, 0) is 9.59 Å². The number of aliphatic carboxylic acids is 1. The lowest BCUT2D eigenvalue weighted by Gasteiger charge is -2.20. The van der Waals surface area contributed by atoms with Crippen molar-refractivity contribution in [2.45, 2.75) is 33.6 Å². The van der Waals surface area contributed by atoms with Crippen molar-refractivity contribution >= 4 is 17.6 Å². The highest BCUT2D eigenvalue weighted by molar-refractivity contribution is 5.93. The summed E-state index contributed by atoms with van der Waals surface area (Å²) < 4.78 is 0. The fraction of sp³-hybridized carbons (Fsp3) is 0.467. The fourth-order valence-corrected chi connectivity index (χ4v) is 1.98. The smallest absolute Gasteiger partial charge is 0.303 e. The van der Waals surface area contributed by atoms with Gasteiger partial charge in [0.2, 0.25) is 5.91 Å². The zero-order chi connectivity index (χ0) is 14.4. The van der Waals surface area contributed by atoms with Gasteiger partial charge in [0.1, 0.15) is 0 Å². The van der Waals surface area contributed by atoms with Crippen LogP contribution in [0.4, 0.5) is 5.69 Å². The summed E-state index contributed by atoms with van der Waals surface area (Å²) >= 11 is 0. The van der Waals surface area contributed by atoms with Gasteiger partial charge in [-0.05, 0) is 30.9 Å². The van der Waals surface area contributed by atoms with E-state index in [1.54, 1.807) is 0 Å². The van der Waals surface area contributed by atoms with Gasteiger partial charge in [-0.25, -0.2) is 0 Å². The van der Waals surface area contributed by atoms with Gasteiger partial charge in [0.25, 0.3) is 0 Å².